The minimum absolute atomic E-state index is 0. The molecule has 0 radical (unpaired) electrons. The molecule has 0 aromatic heterocycles. The fraction of sp³-hybridized carbons (Fsp3) is 0.192. The molecule has 0 atom stereocenters. The van der Waals surface area contributed by atoms with Gasteiger partial charge in [0.2, 0.25) is 0 Å². The molecule has 3 heteroatoms. The van der Waals surface area contributed by atoms with Gasteiger partial charge in [-0.1, -0.05) is 142 Å². The van der Waals surface area contributed by atoms with Crippen LogP contribution in [-0.4, -0.2) is 3.21 Å². The molecule has 1 aliphatic rings. The van der Waals surface area contributed by atoms with Crippen LogP contribution in [0.25, 0.3) is 33.4 Å². The number of fused-ring (bicyclic) bond motifs is 3. The van der Waals surface area contributed by atoms with Gasteiger partial charge < -0.3 is 24.8 Å². The summed E-state index contributed by atoms with van der Waals surface area (Å²) in [4.78, 5) is 0. The maximum absolute atomic E-state index is 3.65. The quantitative estimate of drug-likeness (QED) is 0.153. The van der Waals surface area contributed by atoms with E-state index in [-0.39, 0.29) is 24.8 Å². The van der Waals surface area contributed by atoms with Gasteiger partial charge in [-0.2, -0.15) is 23.3 Å². The standard InChI is InChI=1S/C25H17.C15H14.C12H19.2ClH.Zr/c1-3-7-18(8-4-1)20-11-13-24-22(15-20)17-23-16-21(12-14-25(23)24)19-9-5-2-6-10-19;1-12-3-7-14(8-4-12)11-15-9-5-13(2)6-10-15;1-5-6-10-7-8-11(9-10)12(2,3)4;;;/h1-15H,17H2;3-10H,1-2H3;7-9H,5-6H2,1-4H3;2*1H;/q-1;;-1;;;+2/p-2. The van der Waals surface area contributed by atoms with Crippen LogP contribution in [0, 0.1) is 19.9 Å². The Bertz CT molecular complexity index is 2120. The first-order valence-corrected chi connectivity index (χ1v) is 20.1. The van der Waals surface area contributed by atoms with Gasteiger partial charge in [-0.25, -0.2) is 6.07 Å². The van der Waals surface area contributed by atoms with E-state index in [9.17, 15) is 0 Å². The molecule has 1 aliphatic carbocycles. The molecule has 0 bridgehead atoms. The Balaban J connectivity index is 0.000000195. The molecule has 0 N–H and O–H groups in total. The van der Waals surface area contributed by atoms with E-state index in [2.05, 4.69) is 205 Å². The van der Waals surface area contributed by atoms with E-state index in [4.69, 9.17) is 0 Å². The van der Waals surface area contributed by atoms with E-state index < -0.39 is 0 Å². The van der Waals surface area contributed by atoms with Crippen molar-refractivity contribution in [1.82, 2.24) is 0 Å². The van der Waals surface area contributed by atoms with Crippen molar-refractivity contribution in [3.8, 4) is 33.4 Å². The molecule has 0 saturated carbocycles. The summed E-state index contributed by atoms with van der Waals surface area (Å²) in [5.41, 5.74) is 18.9. The normalized spacial score (nSPS) is 11.0. The molecule has 8 rings (SSSR count). The predicted molar refractivity (Wildman–Crippen MR) is 225 cm³/mol. The van der Waals surface area contributed by atoms with Crippen molar-refractivity contribution in [2.24, 2.45) is 0 Å². The Morgan fingerprint density at radius 2 is 1.18 bits per heavy atom. The number of halogens is 2. The summed E-state index contributed by atoms with van der Waals surface area (Å²) in [5, 5.41) is 0. The largest absolute Gasteiger partial charge is 1.00 e. The third-order valence-electron chi connectivity index (χ3n) is 9.88. The first kappa shape index (κ1) is 43.7. The molecule has 0 nitrogen and oxygen atoms in total. The minimum Gasteiger partial charge on any atom is -1.00 e. The second-order valence-corrected chi connectivity index (χ2v) is 16.4. The van der Waals surface area contributed by atoms with Gasteiger partial charge in [-0.3, -0.25) is 0 Å². The van der Waals surface area contributed by atoms with Gasteiger partial charge in [0, 0.05) is 0 Å². The molecule has 7 aromatic rings. The van der Waals surface area contributed by atoms with Crippen LogP contribution in [-0.2, 0) is 42.5 Å². The average Bonchev–Trinajstić information content (AvgIpc) is 3.81. The third kappa shape index (κ3) is 11.5. The Morgan fingerprint density at radius 3 is 1.71 bits per heavy atom. The summed E-state index contributed by atoms with van der Waals surface area (Å²) < 4.78 is 1.42. The summed E-state index contributed by atoms with van der Waals surface area (Å²) in [7, 11) is 0. The van der Waals surface area contributed by atoms with E-state index >= 15 is 0 Å². The Hall–Kier alpha value is -4.00. The molecule has 0 amide bonds. The molecule has 0 saturated heterocycles. The van der Waals surface area contributed by atoms with Gasteiger partial charge in [0.25, 0.3) is 0 Å². The zero-order chi connectivity index (χ0) is 37.4. The van der Waals surface area contributed by atoms with Gasteiger partial charge in [0.1, 0.15) is 0 Å². The van der Waals surface area contributed by atoms with Gasteiger partial charge in [0.15, 0.2) is 0 Å². The summed E-state index contributed by atoms with van der Waals surface area (Å²) in [5.74, 6) is 0. The van der Waals surface area contributed by atoms with Crippen molar-refractivity contribution in [3.63, 3.8) is 0 Å². The van der Waals surface area contributed by atoms with Crippen LogP contribution in [0.4, 0.5) is 0 Å². The van der Waals surface area contributed by atoms with Gasteiger partial charge >= 0.3 is 112 Å². The maximum Gasteiger partial charge on any atom is -0.0181 e. The Morgan fingerprint density at radius 1 is 0.636 bits per heavy atom. The van der Waals surface area contributed by atoms with Gasteiger partial charge in [-0.05, 0) is 23.1 Å². The Labute approximate surface area is 357 Å². The first-order chi connectivity index (χ1) is 25.6. The van der Waals surface area contributed by atoms with Gasteiger partial charge in [0.05, 0.1) is 0 Å². The van der Waals surface area contributed by atoms with Crippen LogP contribution in [0.5, 0.6) is 0 Å². The monoisotopic (exact) mass is 834 g/mol. The number of hydrogen-bond acceptors (Lipinski definition) is 0. The molecular formula is C52H50Cl2Zr-2. The van der Waals surface area contributed by atoms with Gasteiger partial charge in [-0.15, -0.1) is 29.3 Å². The van der Waals surface area contributed by atoms with E-state index in [1.165, 1.54) is 118 Å². The summed E-state index contributed by atoms with van der Waals surface area (Å²) in [6.07, 6.45) is 3.43. The molecule has 7 aromatic carbocycles. The van der Waals surface area contributed by atoms with Crippen molar-refractivity contribution in [1.29, 1.82) is 0 Å². The zero-order valence-corrected chi connectivity index (χ0v) is 36.9. The van der Waals surface area contributed by atoms with Crippen LogP contribution in [0.2, 0.25) is 0 Å². The predicted octanol–water partition coefficient (Wildman–Crippen LogP) is 7.47. The fourth-order valence-electron chi connectivity index (χ4n) is 6.73. The first-order valence-electron chi connectivity index (χ1n) is 18.9. The molecular weight excluding hydrogens is 787 g/mol. The molecule has 0 fully saturated rings. The number of benzene rings is 6. The molecule has 0 heterocycles. The summed E-state index contributed by atoms with van der Waals surface area (Å²) >= 11 is 1.46. The molecule has 0 spiro atoms. The topological polar surface area (TPSA) is 0 Å². The Kier molecular flexibility index (Phi) is 16.1. The van der Waals surface area contributed by atoms with Crippen molar-refractivity contribution in [2.45, 2.75) is 66.2 Å². The summed E-state index contributed by atoms with van der Waals surface area (Å²) in [6, 6.07) is 60.4. The van der Waals surface area contributed by atoms with Crippen molar-refractivity contribution in [2.75, 3.05) is 0 Å². The van der Waals surface area contributed by atoms with E-state index in [0.717, 1.165) is 6.42 Å². The molecule has 0 aliphatic heterocycles. The second-order valence-electron chi connectivity index (χ2n) is 15.2. The van der Waals surface area contributed by atoms with Crippen LogP contribution in [0.3, 0.4) is 0 Å². The van der Waals surface area contributed by atoms with Crippen molar-refractivity contribution in [3.05, 3.63) is 208 Å². The van der Waals surface area contributed by atoms with Crippen molar-refractivity contribution >= 4 is 3.21 Å². The van der Waals surface area contributed by atoms with Crippen LogP contribution in [0.15, 0.2) is 158 Å². The third-order valence-corrected chi connectivity index (χ3v) is 11.3. The number of hydrogen-bond donors (Lipinski definition) is 0. The van der Waals surface area contributed by atoms with E-state index in [1.54, 1.807) is 0 Å². The maximum atomic E-state index is 3.65. The number of aryl methyl sites for hydroxylation is 3. The summed E-state index contributed by atoms with van der Waals surface area (Å²) in [6.45, 7) is 13.3. The van der Waals surface area contributed by atoms with E-state index in [0.29, 0.717) is 5.41 Å². The smallest absolute Gasteiger partial charge is 0.0181 e. The SMILES string of the molecule is CCCc1cc(C(C)(C)C)c[cH-]1.Cc1ccc([C](=[Zr+2])c2ccc(C)cc2)cc1.[Cl-].[Cl-].[c-]1c(-c2ccccc2)ccc2c1Cc1cc(-c3ccccc3)ccc1-2. The number of rotatable bonds is 6. The zero-order valence-electron chi connectivity index (χ0n) is 32.9. The van der Waals surface area contributed by atoms with Crippen LogP contribution >= 0.6 is 0 Å². The molecule has 55 heavy (non-hydrogen) atoms. The molecule has 278 valence electrons. The second kappa shape index (κ2) is 20.3. The van der Waals surface area contributed by atoms with Crippen molar-refractivity contribution < 1.29 is 49.0 Å². The molecule has 0 unspecified atom stereocenters. The van der Waals surface area contributed by atoms with E-state index in [1.807, 2.05) is 0 Å². The van der Waals surface area contributed by atoms with Crippen LogP contribution in [0.1, 0.15) is 78.6 Å². The fourth-order valence-corrected chi connectivity index (χ4v) is 7.55. The average molecular weight is 837 g/mol. The minimum atomic E-state index is 0. The van der Waals surface area contributed by atoms with Crippen LogP contribution < -0.4 is 24.8 Å².